The molecule has 0 atom stereocenters. The molecule has 0 bridgehead atoms. The van der Waals surface area contributed by atoms with Crippen LogP contribution in [0.25, 0.3) is 0 Å². The highest BCUT2D eigenvalue weighted by Crippen LogP contribution is 2.21. The van der Waals surface area contributed by atoms with E-state index in [1.807, 2.05) is 6.07 Å². The van der Waals surface area contributed by atoms with Crippen molar-refractivity contribution in [2.45, 2.75) is 13.0 Å². The molecule has 1 aliphatic heterocycles. The van der Waals surface area contributed by atoms with E-state index in [-0.39, 0.29) is 11.5 Å². The number of hydrogen-bond donors (Lipinski definition) is 2. The molecule has 0 aromatic heterocycles. The van der Waals surface area contributed by atoms with Gasteiger partial charge in [0.2, 0.25) is 0 Å². The van der Waals surface area contributed by atoms with Gasteiger partial charge in [0, 0.05) is 12.1 Å². The van der Waals surface area contributed by atoms with Crippen LogP contribution in [0.1, 0.15) is 11.1 Å². The van der Waals surface area contributed by atoms with Gasteiger partial charge in [-0.3, -0.25) is 0 Å². The monoisotopic (exact) mass is 166 g/mol. The molecule has 0 fully saturated rings. The van der Waals surface area contributed by atoms with E-state index in [9.17, 15) is 4.39 Å². The number of nitrogens with two attached hydrogens (primary N) is 1. The third kappa shape index (κ3) is 1.06. The average Bonchev–Trinajstić information content (AvgIpc) is 2.12. The molecular formula is C9H11FN2. The third-order valence-electron chi connectivity index (χ3n) is 2.24. The number of nitrogens with one attached hydrogen (secondary N) is 1. The average molecular weight is 166 g/mol. The molecule has 0 aliphatic carbocycles. The van der Waals surface area contributed by atoms with Gasteiger partial charge >= 0.3 is 0 Å². The highest BCUT2D eigenvalue weighted by atomic mass is 19.1. The van der Waals surface area contributed by atoms with Crippen LogP contribution in [0.15, 0.2) is 12.1 Å². The topological polar surface area (TPSA) is 38.0 Å². The quantitative estimate of drug-likeness (QED) is 0.565. The smallest absolute Gasteiger partial charge is 0.150 e. The number of rotatable bonds is 0. The van der Waals surface area contributed by atoms with Crippen LogP contribution >= 0.6 is 0 Å². The Morgan fingerprint density at radius 3 is 3.08 bits per heavy atom. The highest BCUT2D eigenvalue weighted by molar-refractivity contribution is 5.47. The summed E-state index contributed by atoms with van der Waals surface area (Å²) in [6, 6.07) is 3.55. The summed E-state index contributed by atoms with van der Waals surface area (Å²) in [5.41, 5.74) is 7.51. The number of fused-ring (bicyclic) bond motifs is 1. The van der Waals surface area contributed by atoms with Gasteiger partial charge in [-0.15, -0.1) is 0 Å². The fourth-order valence-corrected chi connectivity index (χ4v) is 1.54. The number of anilines is 1. The summed E-state index contributed by atoms with van der Waals surface area (Å²) in [6.07, 6.45) is 0.895. The predicted molar refractivity (Wildman–Crippen MR) is 46.2 cm³/mol. The maximum absolute atomic E-state index is 13.3. The molecule has 0 amide bonds. The standard InChI is InChI=1S/C9H11FN2/c10-9-7-5-12-4-3-6(7)1-2-8(9)11/h1-2,12H,3-5,11H2. The van der Waals surface area contributed by atoms with Gasteiger partial charge in [0.05, 0.1) is 5.69 Å². The van der Waals surface area contributed by atoms with Crippen LogP contribution in [0, 0.1) is 5.82 Å². The number of benzene rings is 1. The molecule has 1 aliphatic rings. The van der Waals surface area contributed by atoms with Crippen molar-refractivity contribution < 1.29 is 4.39 Å². The summed E-state index contributed by atoms with van der Waals surface area (Å²) in [7, 11) is 0. The molecule has 1 heterocycles. The Kier molecular flexibility index (Phi) is 1.73. The van der Waals surface area contributed by atoms with Crippen LogP contribution in [0.4, 0.5) is 10.1 Å². The molecule has 0 unspecified atom stereocenters. The van der Waals surface area contributed by atoms with E-state index in [0.717, 1.165) is 24.1 Å². The fourth-order valence-electron chi connectivity index (χ4n) is 1.54. The molecule has 0 saturated carbocycles. The van der Waals surface area contributed by atoms with Crippen molar-refractivity contribution in [3.63, 3.8) is 0 Å². The Labute approximate surface area is 70.6 Å². The molecule has 3 N–H and O–H groups in total. The molecule has 1 aromatic rings. The molecule has 3 heteroatoms. The second-order valence-electron chi connectivity index (χ2n) is 3.03. The lowest BCUT2D eigenvalue weighted by Gasteiger charge is -2.17. The Morgan fingerprint density at radius 1 is 1.42 bits per heavy atom. The minimum absolute atomic E-state index is 0.248. The summed E-state index contributed by atoms with van der Waals surface area (Å²) in [5.74, 6) is -0.250. The summed E-state index contributed by atoms with van der Waals surface area (Å²) in [4.78, 5) is 0. The van der Waals surface area contributed by atoms with Crippen LogP contribution in [-0.4, -0.2) is 6.54 Å². The van der Waals surface area contributed by atoms with Gasteiger partial charge in [0.15, 0.2) is 5.82 Å². The van der Waals surface area contributed by atoms with Gasteiger partial charge in [-0.05, 0) is 24.6 Å². The number of hydrogen-bond acceptors (Lipinski definition) is 2. The first-order valence-electron chi connectivity index (χ1n) is 4.05. The molecule has 64 valence electrons. The SMILES string of the molecule is Nc1ccc2c(c1F)CNCC2. The van der Waals surface area contributed by atoms with Gasteiger partial charge in [-0.1, -0.05) is 6.07 Å². The summed E-state index contributed by atoms with van der Waals surface area (Å²) < 4.78 is 13.3. The van der Waals surface area contributed by atoms with E-state index in [2.05, 4.69) is 5.32 Å². The number of nitrogen functional groups attached to an aromatic ring is 1. The first kappa shape index (κ1) is 7.55. The first-order valence-corrected chi connectivity index (χ1v) is 4.05. The lowest BCUT2D eigenvalue weighted by molar-refractivity contribution is 0.566. The maximum Gasteiger partial charge on any atom is 0.150 e. The van der Waals surface area contributed by atoms with E-state index in [1.165, 1.54) is 0 Å². The third-order valence-corrected chi connectivity index (χ3v) is 2.24. The van der Waals surface area contributed by atoms with Crippen LogP contribution in [-0.2, 0) is 13.0 Å². The predicted octanol–water partition coefficient (Wildman–Crippen LogP) is 1.05. The van der Waals surface area contributed by atoms with Crippen molar-refractivity contribution in [3.8, 4) is 0 Å². The molecule has 2 nitrogen and oxygen atoms in total. The zero-order valence-electron chi connectivity index (χ0n) is 6.73. The zero-order valence-corrected chi connectivity index (χ0v) is 6.73. The summed E-state index contributed by atoms with van der Waals surface area (Å²) in [6.45, 7) is 1.53. The molecule has 1 aromatic carbocycles. The van der Waals surface area contributed by atoms with E-state index in [0.29, 0.717) is 6.54 Å². The Hall–Kier alpha value is -1.09. The fraction of sp³-hybridized carbons (Fsp3) is 0.333. The van der Waals surface area contributed by atoms with Crippen molar-refractivity contribution in [1.82, 2.24) is 5.32 Å². The minimum Gasteiger partial charge on any atom is -0.396 e. The van der Waals surface area contributed by atoms with Gasteiger partial charge in [0.25, 0.3) is 0 Å². The molecule has 2 rings (SSSR count). The van der Waals surface area contributed by atoms with Crippen LogP contribution in [0.5, 0.6) is 0 Å². The second kappa shape index (κ2) is 2.75. The van der Waals surface area contributed by atoms with Gasteiger partial charge in [-0.2, -0.15) is 0 Å². The van der Waals surface area contributed by atoms with Crippen LogP contribution in [0.2, 0.25) is 0 Å². The van der Waals surface area contributed by atoms with Crippen molar-refractivity contribution in [1.29, 1.82) is 0 Å². The van der Waals surface area contributed by atoms with Crippen molar-refractivity contribution in [2.24, 2.45) is 0 Å². The summed E-state index contributed by atoms with van der Waals surface area (Å²) >= 11 is 0. The van der Waals surface area contributed by atoms with Crippen molar-refractivity contribution >= 4 is 5.69 Å². The van der Waals surface area contributed by atoms with Gasteiger partial charge in [-0.25, -0.2) is 4.39 Å². The Balaban J connectivity index is 2.54. The Morgan fingerprint density at radius 2 is 2.25 bits per heavy atom. The highest BCUT2D eigenvalue weighted by Gasteiger charge is 2.14. The Bertz CT molecular complexity index is 310. The van der Waals surface area contributed by atoms with E-state index in [1.54, 1.807) is 6.07 Å². The van der Waals surface area contributed by atoms with Crippen molar-refractivity contribution in [2.75, 3.05) is 12.3 Å². The van der Waals surface area contributed by atoms with Gasteiger partial charge < -0.3 is 11.1 Å². The second-order valence-corrected chi connectivity index (χ2v) is 3.03. The number of halogens is 1. The molecular weight excluding hydrogens is 155 g/mol. The minimum atomic E-state index is -0.250. The first-order chi connectivity index (χ1) is 5.79. The van der Waals surface area contributed by atoms with E-state index < -0.39 is 0 Å². The normalized spacial score (nSPS) is 15.8. The van der Waals surface area contributed by atoms with E-state index >= 15 is 0 Å². The molecule has 0 radical (unpaired) electrons. The van der Waals surface area contributed by atoms with Crippen LogP contribution < -0.4 is 11.1 Å². The lowest BCUT2D eigenvalue weighted by Crippen LogP contribution is -2.24. The van der Waals surface area contributed by atoms with Crippen molar-refractivity contribution in [3.05, 3.63) is 29.1 Å². The maximum atomic E-state index is 13.3. The molecule has 0 saturated heterocycles. The molecule has 12 heavy (non-hydrogen) atoms. The van der Waals surface area contributed by atoms with Gasteiger partial charge in [0.1, 0.15) is 0 Å². The van der Waals surface area contributed by atoms with E-state index in [4.69, 9.17) is 5.73 Å². The largest absolute Gasteiger partial charge is 0.396 e. The summed E-state index contributed by atoms with van der Waals surface area (Å²) in [5, 5.41) is 3.11. The zero-order chi connectivity index (χ0) is 8.55. The lowest BCUT2D eigenvalue weighted by atomic mass is 10.00. The van der Waals surface area contributed by atoms with Crippen LogP contribution in [0.3, 0.4) is 0 Å². The molecule has 0 spiro atoms.